The Morgan fingerprint density at radius 3 is 2.25 bits per heavy atom. The molecule has 98 valence electrons. The van der Waals surface area contributed by atoms with Crippen molar-refractivity contribution in [3.05, 3.63) is 71.4 Å². The molecule has 0 spiro atoms. The molecule has 0 aliphatic heterocycles. The number of rotatable bonds is 3. The Bertz CT molecular complexity index is 784. The Morgan fingerprint density at radius 2 is 1.55 bits per heavy atom. The van der Waals surface area contributed by atoms with E-state index in [4.69, 9.17) is 5.11 Å². The van der Waals surface area contributed by atoms with Crippen molar-refractivity contribution in [1.82, 2.24) is 4.98 Å². The van der Waals surface area contributed by atoms with E-state index >= 15 is 0 Å². The average Bonchev–Trinajstić information content (AvgIpc) is 2.90. The molecule has 20 heavy (non-hydrogen) atoms. The zero-order valence-electron chi connectivity index (χ0n) is 10.5. The van der Waals surface area contributed by atoms with Gasteiger partial charge in [-0.3, -0.25) is 4.79 Å². The fraction of sp³-hybridized carbons (Fsp3) is 0. The molecule has 3 aromatic rings. The van der Waals surface area contributed by atoms with E-state index in [-0.39, 0.29) is 16.9 Å². The smallest absolute Gasteiger partial charge is 0.336 e. The number of H-pyrrole nitrogens is 1. The summed E-state index contributed by atoms with van der Waals surface area (Å²) in [7, 11) is 0. The lowest BCUT2D eigenvalue weighted by Crippen LogP contribution is -2.09. The Hall–Kier alpha value is -2.88. The molecule has 1 aromatic heterocycles. The van der Waals surface area contributed by atoms with Gasteiger partial charge < -0.3 is 10.1 Å². The molecule has 0 fully saturated rings. The lowest BCUT2D eigenvalue weighted by atomic mass is 10.0. The minimum absolute atomic E-state index is 0.0103. The number of aromatic carboxylic acids is 1. The van der Waals surface area contributed by atoms with Crippen molar-refractivity contribution in [2.45, 2.75) is 0 Å². The number of ketones is 1. The molecule has 0 saturated heterocycles. The van der Waals surface area contributed by atoms with Crippen molar-refractivity contribution >= 4 is 22.7 Å². The highest BCUT2D eigenvalue weighted by atomic mass is 16.4. The fourth-order valence-electron chi connectivity index (χ4n) is 2.21. The van der Waals surface area contributed by atoms with E-state index in [0.717, 1.165) is 10.9 Å². The first-order chi connectivity index (χ1) is 9.66. The van der Waals surface area contributed by atoms with Crippen LogP contribution in [-0.4, -0.2) is 21.8 Å². The fourth-order valence-corrected chi connectivity index (χ4v) is 2.21. The number of hydrogen-bond donors (Lipinski definition) is 2. The summed E-state index contributed by atoms with van der Waals surface area (Å²) in [5, 5.41) is 10.1. The van der Waals surface area contributed by atoms with E-state index < -0.39 is 5.97 Å². The first-order valence-electron chi connectivity index (χ1n) is 6.11. The van der Waals surface area contributed by atoms with Crippen molar-refractivity contribution in [3.8, 4) is 0 Å². The van der Waals surface area contributed by atoms with E-state index in [2.05, 4.69) is 4.98 Å². The highest BCUT2D eigenvalue weighted by Crippen LogP contribution is 2.19. The number of nitrogens with one attached hydrogen (secondary N) is 1. The number of hydrogen-bond acceptors (Lipinski definition) is 2. The van der Waals surface area contributed by atoms with Gasteiger partial charge in [0.2, 0.25) is 5.78 Å². The van der Waals surface area contributed by atoms with Crippen LogP contribution in [0.2, 0.25) is 0 Å². The van der Waals surface area contributed by atoms with Gasteiger partial charge in [-0.05, 0) is 18.2 Å². The van der Waals surface area contributed by atoms with Gasteiger partial charge in [0.05, 0.1) is 11.3 Å². The van der Waals surface area contributed by atoms with Crippen LogP contribution in [0.1, 0.15) is 26.4 Å². The summed E-state index contributed by atoms with van der Waals surface area (Å²) in [6.07, 6.45) is 0. The maximum Gasteiger partial charge on any atom is 0.336 e. The Balaban J connectivity index is 2.11. The molecule has 0 amide bonds. The number of para-hydroxylation sites is 1. The molecule has 0 atom stereocenters. The van der Waals surface area contributed by atoms with Crippen LogP contribution < -0.4 is 0 Å². The number of aromatic amines is 1. The van der Waals surface area contributed by atoms with Gasteiger partial charge in [-0.15, -0.1) is 0 Å². The molecule has 2 aromatic carbocycles. The number of carboxylic acid groups (broad SMARTS) is 1. The maximum absolute atomic E-state index is 12.4. The zero-order valence-corrected chi connectivity index (χ0v) is 10.5. The number of fused-ring (bicyclic) bond motifs is 1. The van der Waals surface area contributed by atoms with Crippen LogP contribution in [0.4, 0.5) is 0 Å². The summed E-state index contributed by atoms with van der Waals surface area (Å²) in [6, 6.07) is 15.5. The van der Waals surface area contributed by atoms with E-state index in [1.807, 2.05) is 24.3 Å². The van der Waals surface area contributed by atoms with Gasteiger partial charge in [0.15, 0.2) is 0 Å². The quantitative estimate of drug-likeness (QED) is 0.715. The molecule has 0 unspecified atom stereocenters. The predicted molar refractivity (Wildman–Crippen MR) is 75.1 cm³/mol. The molecule has 2 N–H and O–H groups in total. The van der Waals surface area contributed by atoms with E-state index in [1.165, 1.54) is 12.1 Å². The average molecular weight is 265 g/mol. The van der Waals surface area contributed by atoms with Crippen molar-refractivity contribution in [2.75, 3.05) is 0 Å². The monoisotopic (exact) mass is 265 g/mol. The first kappa shape index (κ1) is 12.2. The summed E-state index contributed by atoms with van der Waals surface area (Å²) >= 11 is 0. The van der Waals surface area contributed by atoms with Gasteiger partial charge >= 0.3 is 5.97 Å². The molecule has 4 nitrogen and oxygen atoms in total. The topological polar surface area (TPSA) is 70.2 Å². The molecular formula is C16H11NO3. The number of carbonyl (C=O) groups excluding carboxylic acids is 1. The van der Waals surface area contributed by atoms with Gasteiger partial charge in [0.25, 0.3) is 0 Å². The van der Waals surface area contributed by atoms with Crippen LogP contribution in [0.5, 0.6) is 0 Å². The largest absolute Gasteiger partial charge is 0.478 e. The third kappa shape index (κ3) is 1.97. The number of benzene rings is 2. The molecule has 3 rings (SSSR count). The third-order valence-electron chi connectivity index (χ3n) is 3.18. The highest BCUT2D eigenvalue weighted by molar-refractivity contribution is 6.14. The van der Waals surface area contributed by atoms with E-state index in [9.17, 15) is 9.59 Å². The third-order valence-corrected chi connectivity index (χ3v) is 3.18. The summed E-state index contributed by atoms with van der Waals surface area (Å²) < 4.78 is 0. The summed E-state index contributed by atoms with van der Waals surface area (Å²) in [5.74, 6) is -1.43. The highest BCUT2D eigenvalue weighted by Gasteiger charge is 2.18. The summed E-state index contributed by atoms with van der Waals surface area (Å²) in [4.78, 5) is 26.6. The molecule has 0 bridgehead atoms. The maximum atomic E-state index is 12.4. The van der Waals surface area contributed by atoms with Gasteiger partial charge in [-0.1, -0.05) is 36.4 Å². The SMILES string of the molecule is O=C(O)c1ccccc1C(=O)c1cc2ccccc2[nH]1. The molecule has 4 heteroatoms. The Morgan fingerprint density at radius 1 is 0.900 bits per heavy atom. The lowest BCUT2D eigenvalue weighted by molar-refractivity contribution is 0.0692. The number of aromatic nitrogens is 1. The molecule has 0 aliphatic rings. The first-order valence-corrected chi connectivity index (χ1v) is 6.11. The van der Waals surface area contributed by atoms with E-state index in [1.54, 1.807) is 18.2 Å². The van der Waals surface area contributed by atoms with Crippen LogP contribution in [0.15, 0.2) is 54.6 Å². The van der Waals surface area contributed by atoms with Gasteiger partial charge in [0.1, 0.15) is 0 Å². The second-order valence-electron chi connectivity index (χ2n) is 4.45. The molecule has 0 saturated carbocycles. The number of carboxylic acids is 1. The Labute approximate surface area is 114 Å². The van der Waals surface area contributed by atoms with E-state index in [0.29, 0.717) is 5.69 Å². The predicted octanol–water partition coefficient (Wildman–Crippen LogP) is 3.10. The molecule has 0 radical (unpaired) electrons. The zero-order chi connectivity index (χ0) is 14.1. The van der Waals surface area contributed by atoms with Crippen LogP contribution in [0.25, 0.3) is 10.9 Å². The summed E-state index contributed by atoms with van der Waals surface area (Å²) in [5.41, 5.74) is 1.44. The Kier molecular flexibility index (Phi) is 2.84. The molecule has 1 heterocycles. The standard InChI is InChI=1S/C16H11NO3/c18-15(11-6-2-3-7-12(11)16(19)20)14-9-10-5-1-4-8-13(10)17-14/h1-9,17H,(H,19,20). The normalized spacial score (nSPS) is 10.6. The minimum atomic E-state index is -1.11. The van der Waals surface area contributed by atoms with Crippen LogP contribution in [-0.2, 0) is 0 Å². The minimum Gasteiger partial charge on any atom is -0.478 e. The second-order valence-corrected chi connectivity index (χ2v) is 4.45. The van der Waals surface area contributed by atoms with Gasteiger partial charge in [-0.2, -0.15) is 0 Å². The molecule has 0 aliphatic carbocycles. The van der Waals surface area contributed by atoms with Crippen LogP contribution >= 0.6 is 0 Å². The van der Waals surface area contributed by atoms with Crippen LogP contribution in [0, 0.1) is 0 Å². The second kappa shape index (κ2) is 4.66. The van der Waals surface area contributed by atoms with Crippen molar-refractivity contribution in [1.29, 1.82) is 0 Å². The van der Waals surface area contributed by atoms with Crippen LogP contribution in [0.3, 0.4) is 0 Å². The summed E-state index contributed by atoms with van der Waals surface area (Å²) in [6.45, 7) is 0. The van der Waals surface area contributed by atoms with Gasteiger partial charge in [0, 0.05) is 16.5 Å². The van der Waals surface area contributed by atoms with Crippen molar-refractivity contribution in [2.24, 2.45) is 0 Å². The van der Waals surface area contributed by atoms with Crippen molar-refractivity contribution in [3.63, 3.8) is 0 Å². The lowest BCUT2D eigenvalue weighted by Gasteiger charge is -2.03. The molecular weight excluding hydrogens is 254 g/mol. The number of carbonyl (C=O) groups is 2. The van der Waals surface area contributed by atoms with Crippen molar-refractivity contribution < 1.29 is 14.7 Å². The van der Waals surface area contributed by atoms with Gasteiger partial charge in [-0.25, -0.2) is 4.79 Å².